The number of anilines is 1. The van der Waals surface area contributed by atoms with E-state index in [0.29, 0.717) is 23.3 Å². The number of halogens is 1. The topological polar surface area (TPSA) is 78.3 Å². The van der Waals surface area contributed by atoms with Gasteiger partial charge < -0.3 is 15.5 Å². The molecule has 0 radical (unpaired) electrons. The predicted octanol–water partition coefficient (Wildman–Crippen LogP) is 2.79. The lowest BCUT2D eigenvalue weighted by Crippen LogP contribution is -2.02. The van der Waals surface area contributed by atoms with E-state index in [4.69, 9.17) is 0 Å². The Balaban J connectivity index is 1.86. The number of benzene rings is 2. The van der Waals surface area contributed by atoms with Crippen molar-refractivity contribution in [1.82, 2.24) is 9.97 Å². The Bertz CT molecular complexity index is 808. The molecule has 0 saturated heterocycles. The molecule has 2 aromatic carbocycles. The molecule has 5 nitrogen and oxygen atoms in total. The molecule has 0 fully saturated rings. The number of aromatic hydroxyl groups is 2. The zero-order valence-electron chi connectivity index (χ0n) is 10.9. The Labute approximate surface area is 119 Å². The van der Waals surface area contributed by atoms with Crippen LogP contribution < -0.4 is 5.32 Å². The van der Waals surface area contributed by atoms with Crippen LogP contribution in [0.3, 0.4) is 0 Å². The smallest absolute Gasteiger partial charge is 0.157 e. The third kappa shape index (κ3) is 2.69. The minimum Gasteiger partial charge on any atom is -0.504 e. The molecule has 3 aromatic rings. The van der Waals surface area contributed by atoms with Gasteiger partial charge in [-0.05, 0) is 29.8 Å². The van der Waals surface area contributed by atoms with Crippen molar-refractivity contribution in [2.45, 2.75) is 6.54 Å². The van der Waals surface area contributed by atoms with Crippen LogP contribution in [0.2, 0.25) is 0 Å². The van der Waals surface area contributed by atoms with Gasteiger partial charge in [-0.2, -0.15) is 0 Å². The van der Waals surface area contributed by atoms with Gasteiger partial charge in [-0.25, -0.2) is 14.4 Å². The normalized spacial score (nSPS) is 10.7. The Morgan fingerprint density at radius 3 is 2.67 bits per heavy atom. The van der Waals surface area contributed by atoms with E-state index in [1.807, 2.05) is 0 Å². The number of fused-ring (bicyclic) bond motifs is 1. The van der Waals surface area contributed by atoms with Crippen molar-refractivity contribution in [3.63, 3.8) is 0 Å². The summed E-state index contributed by atoms with van der Waals surface area (Å²) in [5.74, 6) is -0.117. The molecule has 3 rings (SSSR count). The summed E-state index contributed by atoms with van der Waals surface area (Å²) in [6, 6.07) is 8.87. The lowest BCUT2D eigenvalue weighted by molar-refractivity contribution is 0.403. The van der Waals surface area contributed by atoms with Gasteiger partial charge >= 0.3 is 0 Å². The maximum atomic E-state index is 13.2. The van der Waals surface area contributed by atoms with Crippen LogP contribution in [0.1, 0.15) is 5.56 Å². The zero-order valence-corrected chi connectivity index (χ0v) is 10.9. The average molecular weight is 285 g/mol. The Morgan fingerprint density at radius 1 is 1.00 bits per heavy atom. The minimum atomic E-state index is -0.351. The molecule has 0 bridgehead atoms. The number of rotatable bonds is 3. The summed E-state index contributed by atoms with van der Waals surface area (Å²) in [6.07, 6.45) is 1.36. The number of phenols is 2. The third-order valence-electron chi connectivity index (χ3n) is 3.10. The fourth-order valence-corrected chi connectivity index (χ4v) is 2.04. The van der Waals surface area contributed by atoms with Crippen LogP contribution in [0.4, 0.5) is 10.2 Å². The van der Waals surface area contributed by atoms with Gasteiger partial charge in [0.05, 0.1) is 5.52 Å². The van der Waals surface area contributed by atoms with Crippen LogP contribution in [-0.4, -0.2) is 20.2 Å². The number of hydrogen-bond acceptors (Lipinski definition) is 5. The van der Waals surface area contributed by atoms with Gasteiger partial charge in [-0.1, -0.05) is 6.07 Å². The highest BCUT2D eigenvalue weighted by molar-refractivity contribution is 5.88. The molecule has 0 aliphatic rings. The first-order chi connectivity index (χ1) is 10.1. The van der Waals surface area contributed by atoms with E-state index in [1.165, 1.54) is 30.6 Å². The standard InChI is InChI=1S/C15H12FN3O2/c16-10-2-3-11-12(6-10)18-8-19-15(11)17-7-9-1-4-13(20)14(21)5-9/h1-6,8,20-21H,7H2,(H,17,18,19). The molecule has 3 N–H and O–H groups in total. The molecule has 1 aromatic heterocycles. The Morgan fingerprint density at radius 2 is 1.86 bits per heavy atom. The first kappa shape index (κ1) is 13.1. The highest BCUT2D eigenvalue weighted by Crippen LogP contribution is 2.26. The summed E-state index contributed by atoms with van der Waals surface area (Å²) in [7, 11) is 0. The van der Waals surface area contributed by atoms with E-state index in [1.54, 1.807) is 12.1 Å². The van der Waals surface area contributed by atoms with Crippen molar-refractivity contribution in [3.05, 3.63) is 54.1 Å². The first-order valence-corrected chi connectivity index (χ1v) is 6.28. The van der Waals surface area contributed by atoms with Crippen molar-refractivity contribution in [3.8, 4) is 11.5 Å². The molecule has 21 heavy (non-hydrogen) atoms. The van der Waals surface area contributed by atoms with Crippen molar-refractivity contribution < 1.29 is 14.6 Å². The number of phenolic OH excluding ortho intramolecular Hbond substituents is 2. The molecule has 0 aliphatic carbocycles. The summed E-state index contributed by atoms with van der Waals surface area (Å²) < 4.78 is 13.2. The Kier molecular flexibility index (Phi) is 3.27. The van der Waals surface area contributed by atoms with Crippen molar-refractivity contribution in [2.24, 2.45) is 0 Å². The predicted molar refractivity (Wildman–Crippen MR) is 76.6 cm³/mol. The summed E-state index contributed by atoms with van der Waals surface area (Å²) in [6.45, 7) is 0.400. The summed E-state index contributed by atoms with van der Waals surface area (Å²) >= 11 is 0. The fraction of sp³-hybridized carbons (Fsp3) is 0.0667. The second-order valence-electron chi connectivity index (χ2n) is 4.56. The van der Waals surface area contributed by atoms with Gasteiger partial charge in [0, 0.05) is 18.0 Å². The molecule has 0 unspecified atom stereocenters. The van der Waals surface area contributed by atoms with Gasteiger partial charge in [0.2, 0.25) is 0 Å². The number of aromatic nitrogens is 2. The maximum absolute atomic E-state index is 13.2. The van der Waals surface area contributed by atoms with Crippen LogP contribution in [0.25, 0.3) is 10.9 Å². The highest BCUT2D eigenvalue weighted by atomic mass is 19.1. The van der Waals surface area contributed by atoms with Gasteiger partial charge in [-0.15, -0.1) is 0 Å². The molecule has 0 spiro atoms. The monoisotopic (exact) mass is 285 g/mol. The molecular weight excluding hydrogens is 273 g/mol. The molecule has 0 amide bonds. The molecular formula is C15H12FN3O2. The third-order valence-corrected chi connectivity index (χ3v) is 3.10. The van der Waals surface area contributed by atoms with Crippen LogP contribution in [-0.2, 0) is 6.54 Å². The molecule has 0 saturated carbocycles. The van der Waals surface area contributed by atoms with Crippen LogP contribution in [0.5, 0.6) is 11.5 Å². The van der Waals surface area contributed by atoms with Gasteiger partial charge in [-0.3, -0.25) is 0 Å². The lowest BCUT2D eigenvalue weighted by atomic mass is 10.2. The van der Waals surface area contributed by atoms with Gasteiger partial charge in [0.15, 0.2) is 11.5 Å². The second-order valence-corrected chi connectivity index (χ2v) is 4.56. The van der Waals surface area contributed by atoms with E-state index in [0.717, 1.165) is 5.56 Å². The van der Waals surface area contributed by atoms with Gasteiger partial charge in [0.1, 0.15) is 18.0 Å². The molecule has 1 heterocycles. The molecule has 106 valence electrons. The second kappa shape index (κ2) is 5.24. The SMILES string of the molecule is Oc1ccc(CNc2ncnc3cc(F)ccc23)cc1O. The van der Waals surface area contributed by atoms with Crippen molar-refractivity contribution in [2.75, 3.05) is 5.32 Å². The van der Waals surface area contributed by atoms with E-state index >= 15 is 0 Å². The number of nitrogens with one attached hydrogen (secondary N) is 1. The minimum absolute atomic E-state index is 0.165. The summed E-state index contributed by atoms with van der Waals surface area (Å²) in [5, 5.41) is 22.5. The van der Waals surface area contributed by atoms with Gasteiger partial charge in [0.25, 0.3) is 0 Å². The fourth-order valence-electron chi connectivity index (χ4n) is 2.04. The molecule has 6 heteroatoms. The summed E-state index contributed by atoms with van der Waals surface area (Å²) in [5.41, 5.74) is 1.29. The van der Waals surface area contributed by atoms with Crippen molar-refractivity contribution >= 4 is 16.7 Å². The number of nitrogens with zero attached hydrogens (tertiary/aromatic N) is 2. The van der Waals surface area contributed by atoms with Crippen LogP contribution in [0.15, 0.2) is 42.7 Å². The van der Waals surface area contributed by atoms with Crippen LogP contribution >= 0.6 is 0 Å². The highest BCUT2D eigenvalue weighted by Gasteiger charge is 2.05. The van der Waals surface area contributed by atoms with E-state index in [-0.39, 0.29) is 17.3 Å². The van der Waals surface area contributed by atoms with E-state index in [2.05, 4.69) is 15.3 Å². The Hall–Kier alpha value is -2.89. The van der Waals surface area contributed by atoms with E-state index < -0.39 is 0 Å². The maximum Gasteiger partial charge on any atom is 0.157 e. The van der Waals surface area contributed by atoms with E-state index in [9.17, 15) is 14.6 Å². The lowest BCUT2D eigenvalue weighted by Gasteiger charge is -2.09. The summed E-state index contributed by atoms with van der Waals surface area (Å²) in [4.78, 5) is 8.15. The molecule has 0 aliphatic heterocycles. The number of hydrogen-bond donors (Lipinski definition) is 3. The first-order valence-electron chi connectivity index (χ1n) is 6.28. The zero-order chi connectivity index (χ0) is 14.8. The quantitative estimate of drug-likeness (QED) is 0.645. The average Bonchev–Trinajstić information content (AvgIpc) is 2.48. The van der Waals surface area contributed by atoms with Crippen molar-refractivity contribution in [1.29, 1.82) is 0 Å². The van der Waals surface area contributed by atoms with Crippen LogP contribution in [0, 0.1) is 5.82 Å². The largest absolute Gasteiger partial charge is 0.504 e. The molecule has 0 atom stereocenters.